The molecular formula is C76H110N14O14S4. The van der Waals surface area contributed by atoms with Crippen LogP contribution in [-0.4, -0.2) is 227 Å². The summed E-state index contributed by atoms with van der Waals surface area (Å²) in [5.74, 6) is 0. The molecule has 28 nitrogen and oxygen atoms in total. The third-order valence-electron chi connectivity index (χ3n) is 18.8. The van der Waals surface area contributed by atoms with Crippen molar-refractivity contribution >= 4 is 85.1 Å². The summed E-state index contributed by atoms with van der Waals surface area (Å²) < 4.78 is 119. The number of likely N-dealkylation sites (N-methyl/N-ethyl adjacent to an activating group) is 1. The summed E-state index contributed by atoms with van der Waals surface area (Å²) >= 11 is 0. The molecule has 4 aliphatic heterocycles. The summed E-state index contributed by atoms with van der Waals surface area (Å²) in [4.78, 5) is 10.1. The number of morpholine rings is 2. The van der Waals surface area contributed by atoms with E-state index >= 15 is 0 Å². The predicted molar refractivity (Wildman–Crippen MR) is 426 cm³/mol. The van der Waals surface area contributed by atoms with Crippen LogP contribution in [0.1, 0.15) is 123 Å². The van der Waals surface area contributed by atoms with Gasteiger partial charge in [0.25, 0.3) is 40.1 Å². The SMILES string of the molecule is CCC(O)CNS(=O)(=O)/C(C#N)=C(\C)c1ccc(N2CCCCC2)cc1.CCC(O)CNS(=O)(=O)/C(C#N)=C(\C)c1ccc(N2CCN(C)CC2)cc1.CCC(O)CNS(=O)(=O)/C(C#N)=C(\C)c1ccc(N2CCOCC2)cc1.CCC(O)CNS(=O)(=O)/C(C#N)=C(\C)c1ccc(NCCN2CCOCC2)cc1. The lowest BCUT2D eigenvalue weighted by molar-refractivity contribution is 0.0398. The highest BCUT2D eigenvalue weighted by molar-refractivity contribution is 7.94. The Morgan fingerprint density at radius 2 is 0.667 bits per heavy atom. The molecule has 0 aromatic heterocycles. The van der Waals surface area contributed by atoms with E-state index in [0.717, 1.165) is 115 Å². The normalized spacial score (nSPS) is 17.5. The number of ether oxygens (including phenoxy) is 2. The maximum Gasteiger partial charge on any atom is 0.251 e. The molecule has 4 fully saturated rings. The zero-order chi connectivity index (χ0) is 79.6. The molecule has 108 heavy (non-hydrogen) atoms. The molecule has 0 spiro atoms. The lowest BCUT2D eigenvalue weighted by atomic mass is 10.1. The molecule has 4 heterocycles. The zero-order valence-corrected chi connectivity index (χ0v) is 66.9. The van der Waals surface area contributed by atoms with Gasteiger partial charge in [0.2, 0.25) is 0 Å². The van der Waals surface area contributed by atoms with Gasteiger partial charge < -0.3 is 54.8 Å². The number of sulfonamides is 4. The highest BCUT2D eigenvalue weighted by Crippen LogP contribution is 2.30. The van der Waals surface area contributed by atoms with E-state index < -0.39 is 64.5 Å². The van der Waals surface area contributed by atoms with Crippen molar-refractivity contribution in [2.75, 3.05) is 158 Å². The molecule has 0 aliphatic carbocycles. The first kappa shape index (κ1) is 90.9. The first-order chi connectivity index (χ1) is 51.4. The van der Waals surface area contributed by atoms with Crippen LogP contribution in [0.4, 0.5) is 22.7 Å². The molecule has 8 rings (SSSR count). The first-order valence-corrected chi connectivity index (χ1v) is 42.5. The summed E-state index contributed by atoms with van der Waals surface area (Å²) in [5, 5.41) is 79.1. The third kappa shape index (κ3) is 28.6. The molecule has 4 aromatic rings. The summed E-state index contributed by atoms with van der Waals surface area (Å²) in [5.41, 5.74) is 8.41. The van der Waals surface area contributed by atoms with Gasteiger partial charge in [-0.15, -0.1) is 0 Å². The fourth-order valence-electron chi connectivity index (χ4n) is 11.4. The largest absolute Gasteiger partial charge is 0.392 e. The van der Waals surface area contributed by atoms with Crippen molar-refractivity contribution in [3.63, 3.8) is 0 Å². The average Bonchev–Trinajstić information content (AvgIpc) is 0.829. The molecule has 0 amide bonds. The molecular weight excluding hydrogens is 1460 g/mol. The van der Waals surface area contributed by atoms with Crippen molar-refractivity contribution in [2.24, 2.45) is 0 Å². The van der Waals surface area contributed by atoms with Gasteiger partial charge in [0.05, 0.1) is 50.8 Å². The number of anilines is 4. The van der Waals surface area contributed by atoms with E-state index in [-0.39, 0.29) is 45.8 Å². The van der Waals surface area contributed by atoms with Gasteiger partial charge in [-0.05, 0) is 173 Å². The third-order valence-corrected chi connectivity index (χ3v) is 24.7. The van der Waals surface area contributed by atoms with Crippen LogP contribution in [0, 0.1) is 45.3 Å². The van der Waals surface area contributed by atoms with Crippen LogP contribution < -0.4 is 38.9 Å². The minimum absolute atomic E-state index is 0.106. The maximum absolute atomic E-state index is 12.4. The summed E-state index contributed by atoms with van der Waals surface area (Å²) in [6, 6.07) is 37.2. The van der Waals surface area contributed by atoms with Gasteiger partial charge in [-0.2, -0.15) is 21.0 Å². The number of piperidine rings is 1. The Morgan fingerprint density at radius 3 is 0.954 bits per heavy atom. The Bertz CT molecular complexity index is 4150. The lowest BCUT2D eigenvalue weighted by Gasteiger charge is -2.34. The number of hydrogen-bond donors (Lipinski definition) is 9. The molecule has 32 heteroatoms. The smallest absolute Gasteiger partial charge is 0.251 e. The standard InChI is InChI=1S/C20H30N4O4S.C19H28N4O3S.C19H27N3O3S.C18H25N3O4S/c1-3-19(25)15-23-29(26,27)20(14-21)16(2)17-4-6-18(7-5-17)22-8-9-24-10-12-28-13-11-24;1-4-18(24)14-21-27(25,26)19(13-20)15(2)16-5-7-17(8-6-16)23-11-9-22(3)10-12-23;1-3-18(23)14-21-26(24,25)19(13-20)15(2)16-7-9-17(10-8-16)22-11-5-4-6-12-22;1-3-17(22)13-20-26(23,24)18(12-19)14(2)15-4-6-16(7-5-15)21-8-10-25-11-9-21/h4-7,19,22-23,25H,3,8-13,15H2,1-2H3;5-8,18,21,24H,4,9-12,14H2,1-3H3;7-10,18,21,23H,3-6,11-12,14H2,1-2H3;4-7,17,20,22H,3,8-11,13H2,1-2H3/b20-16+;2*19-15+;18-14+. The molecule has 4 saturated heterocycles. The number of benzene rings is 4. The number of aliphatic hydroxyl groups excluding tert-OH is 4. The quantitative estimate of drug-likeness (QED) is 0.0233. The van der Waals surface area contributed by atoms with Gasteiger partial charge in [0.1, 0.15) is 24.3 Å². The van der Waals surface area contributed by atoms with E-state index in [1.54, 1.807) is 91.8 Å². The molecule has 4 aliphatic rings. The number of allylic oxidation sites excluding steroid dienone is 8. The van der Waals surface area contributed by atoms with Crippen LogP contribution >= 0.6 is 0 Å². The Labute approximate surface area is 640 Å². The first-order valence-electron chi connectivity index (χ1n) is 36.5. The number of aliphatic hydroxyl groups is 4. The highest BCUT2D eigenvalue weighted by Gasteiger charge is 2.27. The Hall–Kier alpha value is -7.68. The molecule has 4 atom stereocenters. The van der Waals surface area contributed by atoms with Crippen LogP contribution in [0.3, 0.4) is 0 Å². The molecule has 592 valence electrons. The molecule has 4 unspecified atom stereocenters. The van der Waals surface area contributed by atoms with Crippen LogP contribution in [0.15, 0.2) is 117 Å². The number of nitrogens with one attached hydrogen (secondary N) is 5. The topological polar surface area (TPSA) is 407 Å². The van der Waals surface area contributed by atoms with Crippen LogP contribution in [0.25, 0.3) is 22.3 Å². The van der Waals surface area contributed by atoms with Gasteiger partial charge in [-0.3, -0.25) is 4.90 Å². The van der Waals surface area contributed by atoms with Crippen LogP contribution in [0.5, 0.6) is 0 Å². The predicted octanol–water partition coefficient (Wildman–Crippen LogP) is 6.85. The average molecular weight is 1570 g/mol. The number of nitrogens with zero attached hydrogens (tertiary/aromatic N) is 9. The van der Waals surface area contributed by atoms with E-state index in [1.807, 2.05) is 84.9 Å². The molecule has 4 aromatic carbocycles. The summed E-state index contributed by atoms with van der Waals surface area (Å²) in [7, 11) is -13.8. The van der Waals surface area contributed by atoms with Gasteiger partial charge >= 0.3 is 0 Å². The van der Waals surface area contributed by atoms with E-state index in [2.05, 4.69) is 55.8 Å². The zero-order valence-electron chi connectivity index (χ0n) is 63.7. The molecule has 0 radical (unpaired) electrons. The Kier molecular flexibility index (Phi) is 38.3. The molecule has 9 N–H and O–H groups in total. The molecule has 0 saturated carbocycles. The van der Waals surface area contributed by atoms with Crippen LogP contribution in [-0.2, 0) is 49.6 Å². The Morgan fingerprint density at radius 1 is 0.398 bits per heavy atom. The van der Waals surface area contributed by atoms with Gasteiger partial charge in [-0.25, -0.2) is 52.6 Å². The van der Waals surface area contributed by atoms with E-state index in [1.165, 1.54) is 19.3 Å². The minimum Gasteiger partial charge on any atom is -0.392 e. The van der Waals surface area contributed by atoms with Gasteiger partial charge in [0.15, 0.2) is 19.6 Å². The second-order valence-electron chi connectivity index (χ2n) is 26.5. The van der Waals surface area contributed by atoms with Gasteiger partial charge in [-0.1, -0.05) is 76.2 Å². The van der Waals surface area contributed by atoms with E-state index in [9.17, 15) is 75.1 Å². The number of nitriles is 4. The molecule has 0 bridgehead atoms. The maximum atomic E-state index is 12.4. The summed E-state index contributed by atoms with van der Waals surface area (Å²) in [6.07, 6.45) is 2.25. The second-order valence-corrected chi connectivity index (χ2v) is 33.3. The number of hydrogen-bond acceptors (Lipinski definition) is 24. The lowest BCUT2D eigenvalue weighted by Crippen LogP contribution is -2.44. The van der Waals surface area contributed by atoms with Gasteiger partial charge in [0, 0.05) is 127 Å². The minimum atomic E-state index is -3.98. The summed E-state index contributed by atoms with van der Waals surface area (Å²) in [6.45, 7) is 27.2. The van der Waals surface area contributed by atoms with Crippen molar-refractivity contribution in [3.8, 4) is 24.3 Å². The fourth-order valence-corrected chi connectivity index (χ4v) is 16.2. The monoisotopic (exact) mass is 1570 g/mol. The number of rotatable bonds is 31. The highest BCUT2D eigenvalue weighted by atomic mass is 32.2. The van der Waals surface area contributed by atoms with Crippen molar-refractivity contribution in [2.45, 2.75) is 125 Å². The Balaban J connectivity index is 0.000000258. The van der Waals surface area contributed by atoms with Crippen molar-refractivity contribution in [3.05, 3.63) is 139 Å². The van der Waals surface area contributed by atoms with Crippen molar-refractivity contribution < 1.29 is 63.6 Å². The number of piperazine rings is 1. The van der Waals surface area contributed by atoms with Crippen LogP contribution in [0.2, 0.25) is 0 Å². The fraction of sp³-hybridized carbons (Fsp3) is 0.526. The second kappa shape index (κ2) is 45.5. The van der Waals surface area contributed by atoms with Crippen molar-refractivity contribution in [1.29, 1.82) is 21.0 Å². The van der Waals surface area contributed by atoms with Crippen molar-refractivity contribution in [1.82, 2.24) is 28.7 Å². The van der Waals surface area contributed by atoms with E-state index in [4.69, 9.17) is 9.47 Å². The van der Waals surface area contributed by atoms with E-state index in [0.29, 0.717) is 83.4 Å².